The van der Waals surface area contributed by atoms with Crippen molar-refractivity contribution in [3.05, 3.63) is 30.3 Å². The van der Waals surface area contributed by atoms with Crippen LogP contribution in [-0.4, -0.2) is 42.6 Å². The Hall–Kier alpha value is -2.25. The number of rotatable bonds is 5. The monoisotopic (exact) mass is 330 g/mol. The standard InChI is InChI=1S/C15H17F3N2O3/c16-15(17,18)12-9-20(8-11(12)14(19)22)13(21)6-7-23-10-4-2-1-3-5-10/h1-5,11-12H,6-9H2,(H2,19,22)/t11-,12-/m1/s1. The van der Waals surface area contributed by atoms with Gasteiger partial charge in [-0.2, -0.15) is 13.2 Å². The molecule has 5 nitrogen and oxygen atoms in total. The van der Waals surface area contributed by atoms with Crippen LogP contribution in [0.4, 0.5) is 13.2 Å². The van der Waals surface area contributed by atoms with Crippen LogP contribution in [-0.2, 0) is 9.59 Å². The van der Waals surface area contributed by atoms with Gasteiger partial charge in [-0.3, -0.25) is 9.59 Å². The van der Waals surface area contributed by atoms with Crippen LogP contribution in [0.5, 0.6) is 5.75 Å². The van der Waals surface area contributed by atoms with E-state index in [0.29, 0.717) is 5.75 Å². The van der Waals surface area contributed by atoms with E-state index in [9.17, 15) is 22.8 Å². The van der Waals surface area contributed by atoms with E-state index in [-0.39, 0.29) is 19.6 Å². The van der Waals surface area contributed by atoms with Crippen LogP contribution in [0.15, 0.2) is 30.3 Å². The van der Waals surface area contributed by atoms with Gasteiger partial charge < -0.3 is 15.4 Å². The fraction of sp³-hybridized carbons (Fsp3) is 0.467. The highest BCUT2D eigenvalue weighted by atomic mass is 19.4. The molecule has 23 heavy (non-hydrogen) atoms. The molecule has 0 aromatic heterocycles. The highest BCUT2D eigenvalue weighted by Crippen LogP contribution is 2.37. The normalized spacial score (nSPS) is 21.3. The molecule has 1 fully saturated rings. The summed E-state index contributed by atoms with van der Waals surface area (Å²) in [6.45, 7) is -0.789. The first-order valence-corrected chi connectivity index (χ1v) is 7.10. The first-order valence-electron chi connectivity index (χ1n) is 7.10. The topological polar surface area (TPSA) is 72.6 Å². The highest BCUT2D eigenvalue weighted by Gasteiger charge is 2.52. The number of nitrogens with zero attached hydrogens (tertiary/aromatic N) is 1. The molecule has 0 aliphatic carbocycles. The van der Waals surface area contributed by atoms with Crippen molar-refractivity contribution in [2.75, 3.05) is 19.7 Å². The van der Waals surface area contributed by atoms with E-state index in [1.54, 1.807) is 24.3 Å². The minimum absolute atomic E-state index is 0.0528. The Kier molecular flexibility index (Phi) is 5.12. The van der Waals surface area contributed by atoms with Crippen molar-refractivity contribution >= 4 is 11.8 Å². The maximum Gasteiger partial charge on any atom is 0.394 e. The molecule has 0 radical (unpaired) electrons. The van der Waals surface area contributed by atoms with Crippen LogP contribution >= 0.6 is 0 Å². The Bertz CT molecular complexity index is 563. The zero-order valence-corrected chi connectivity index (χ0v) is 12.3. The lowest BCUT2D eigenvalue weighted by Crippen LogP contribution is -2.37. The predicted molar refractivity (Wildman–Crippen MR) is 75.4 cm³/mol. The molecule has 0 unspecified atom stereocenters. The largest absolute Gasteiger partial charge is 0.493 e. The number of alkyl halides is 3. The van der Waals surface area contributed by atoms with Gasteiger partial charge in [0.25, 0.3) is 0 Å². The summed E-state index contributed by atoms with van der Waals surface area (Å²) in [5.41, 5.74) is 5.02. The van der Waals surface area contributed by atoms with Crippen LogP contribution in [0.2, 0.25) is 0 Å². The number of carbonyl (C=O) groups excluding carboxylic acids is 2. The predicted octanol–water partition coefficient (Wildman–Crippen LogP) is 1.58. The van der Waals surface area contributed by atoms with Crippen LogP contribution < -0.4 is 10.5 Å². The van der Waals surface area contributed by atoms with Gasteiger partial charge >= 0.3 is 6.18 Å². The summed E-state index contributed by atoms with van der Waals surface area (Å²) in [7, 11) is 0. The quantitative estimate of drug-likeness (QED) is 0.891. The molecule has 0 bridgehead atoms. The van der Waals surface area contributed by atoms with Crippen LogP contribution in [0.25, 0.3) is 0 Å². The summed E-state index contributed by atoms with van der Waals surface area (Å²) in [4.78, 5) is 24.2. The van der Waals surface area contributed by atoms with Gasteiger partial charge in [-0.15, -0.1) is 0 Å². The molecule has 1 aromatic rings. The van der Waals surface area contributed by atoms with Gasteiger partial charge in [-0.1, -0.05) is 18.2 Å². The number of primary amides is 1. The number of hydrogen-bond donors (Lipinski definition) is 1. The van der Waals surface area contributed by atoms with Gasteiger partial charge in [0.15, 0.2) is 0 Å². The van der Waals surface area contributed by atoms with Crippen molar-refractivity contribution in [1.29, 1.82) is 0 Å². The number of likely N-dealkylation sites (tertiary alicyclic amines) is 1. The summed E-state index contributed by atoms with van der Waals surface area (Å²) >= 11 is 0. The molecule has 0 spiro atoms. The van der Waals surface area contributed by atoms with Crippen LogP contribution in [0.3, 0.4) is 0 Å². The van der Waals surface area contributed by atoms with Crippen LogP contribution in [0, 0.1) is 11.8 Å². The van der Waals surface area contributed by atoms with E-state index >= 15 is 0 Å². The minimum Gasteiger partial charge on any atom is -0.493 e. The van der Waals surface area contributed by atoms with Crippen molar-refractivity contribution in [2.45, 2.75) is 12.6 Å². The number of para-hydroxylation sites is 1. The maximum absolute atomic E-state index is 12.9. The number of hydrogen-bond acceptors (Lipinski definition) is 3. The molecule has 1 saturated heterocycles. The van der Waals surface area contributed by atoms with Gasteiger partial charge in [0, 0.05) is 13.1 Å². The fourth-order valence-electron chi connectivity index (χ4n) is 2.56. The number of amides is 2. The molecule has 1 heterocycles. The Labute approximate surface area is 131 Å². The lowest BCUT2D eigenvalue weighted by atomic mass is 9.95. The molecule has 2 N–H and O–H groups in total. The minimum atomic E-state index is -4.56. The van der Waals surface area contributed by atoms with E-state index in [0.717, 1.165) is 4.90 Å². The van der Waals surface area contributed by atoms with E-state index in [2.05, 4.69) is 0 Å². The van der Waals surface area contributed by atoms with E-state index in [1.807, 2.05) is 6.07 Å². The van der Waals surface area contributed by atoms with Crippen molar-refractivity contribution in [3.63, 3.8) is 0 Å². The zero-order chi connectivity index (χ0) is 17.0. The molecule has 2 rings (SSSR count). The third-order valence-electron chi connectivity index (χ3n) is 3.79. The van der Waals surface area contributed by atoms with Gasteiger partial charge in [0.1, 0.15) is 5.75 Å². The second-order valence-electron chi connectivity index (χ2n) is 5.37. The molecule has 1 aromatic carbocycles. The Morgan fingerprint density at radius 3 is 2.39 bits per heavy atom. The second-order valence-corrected chi connectivity index (χ2v) is 5.37. The Morgan fingerprint density at radius 1 is 1.22 bits per heavy atom. The van der Waals surface area contributed by atoms with Crippen LogP contribution in [0.1, 0.15) is 6.42 Å². The lowest BCUT2D eigenvalue weighted by molar-refractivity contribution is -0.182. The third-order valence-corrected chi connectivity index (χ3v) is 3.79. The Balaban J connectivity index is 1.89. The van der Waals surface area contributed by atoms with Crippen molar-refractivity contribution in [1.82, 2.24) is 4.90 Å². The zero-order valence-electron chi connectivity index (χ0n) is 12.3. The van der Waals surface area contributed by atoms with Gasteiger partial charge in [0.05, 0.1) is 24.9 Å². The first-order chi connectivity index (χ1) is 10.8. The summed E-state index contributed by atoms with van der Waals surface area (Å²) in [6.07, 6.45) is -4.62. The smallest absolute Gasteiger partial charge is 0.394 e. The van der Waals surface area contributed by atoms with Crippen molar-refractivity contribution in [3.8, 4) is 5.75 Å². The molecule has 1 aliphatic heterocycles. The van der Waals surface area contributed by atoms with E-state index in [4.69, 9.17) is 10.5 Å². The first kappa shape index (κ1) is 17.1. The molecule has 8 heteroatoms. The molecule has 0 saturated carbocycles. The second kappa shape index (κ2) is 6.89. The summed E-state index contributed by atoms with van der Waals surface area (Å²) in [6, 6.07) is 8.77. The molecular weight excluding hydrogens is 313 g/mol. The molecule has 2 atom stereocenters. The van der Waals surface area contributed by atoms with Gasteiger partial charge in [0.2, 0.25) is 11.8 Å². The molecule has 126 valence electrons. The lowest BCUT2D eigenvalue weighted by Gasteiger charge is -2.18. The van der Waals surface area contributed by atoms with E-state index in [1.165, 1.54) is 0 Å². The molecular formula is C15H17F3N2O3. The third kappa shape index (κ3) is 4.37. The maximum atomic E-state index is 12.9. The summed E-state index contributed by atoms with van der Waals surface area (Å²) in [5, 5.41) is 0. The fourth-order valence-corrected chi connectivity index (χ4v) is 2.56. The number of ether oxygens (including phenoxy) is 1. The molecule has 2 amide bonds. The Morgan fingerprint density at radius 2 is 1.87 bits per heavy atom. The average molecular weight is 330 g/mol. The summed E-state index contributed by atoms with van der Waals surface area (Å²) < 4.78 is 44.1. The van der Waals surface area contributed by atoms with Gasteiger partial charge in [-0.05, 0) is 12.1 Å². The number of halogens is 3. The number of carbonyl (C=O) groups is 2. The average Bonchev–Trinajstić information content (AvgIpc) is 2.94. The number of nitrogens with two attached hydrogens (primary N) is 1. The number of benzene rings is 1. The van der Waals surface area contributed by atoms with E-state index < -0.39 is 36.4 Å². The highest BCUT2D eigenvalue weighted by molar-refractivity contribution is 5.81. The summed E-state index contributed by atoms with van der Waals surface area (Å²) in [5.74, 6) is -4.25. The van der Waals surface area contributed by atoms with Gasteiger partial charge in [-0.25, -0.2) is 0 Å². The van der Waals surface area contributed by atoms with Crippen molar-refractivity contribution in [2.24, 2.45) is 17.6 Å². The SMILES string of the molecule is NC(=O)[C@@H]1CN(C(=O)CCOc2ccccc2)C[C@H]1C(F)(F)F. The molecule has 1 aliphatic rings. The van der Waals surface area contributed by atoms with Crippen molar-refractivity contribution < 1.29 is 27.5 Å².